The van der Waals surface area contributed by atoms with Gasteiger partial charge in [-0.25, -0.2) is 9.59 Å². The molecule has 0 aromatic heterocycles. The fraction of sp³-hybridized carbons (Fsp3) is 0.786. The van der Waals surface area contributed by atoms with Crippen LogP contribution in [0.3, 0.4) is 0 Å². The van der Waals surface area contributed by atoms with Crippen LogP contribution in [0.5, 0.6) is 0 Å². The van der Waals surface area contributed by atoms with E-state index in [1.165, 1.54) is 0 Å². The zero-order chi connectivity index (χ0) is 18.8. The second-order valence-corrected chi connectivity index (χ2v) is 9.30. The molecule has 0 saturated heterocycles. The Morgan fingerprint density at radius 2 is 1.96 bits per heavy atom. The molecule has 1 amide bonds. The molecule has 0 aliphatic rings. The molecule has 0 aliphatic carbocycles. The largest absolute Gasteiger partial charge is 0.480 e. The van der Waals surface area contributed by atoms with Gasteiger partial charge in [-0.3, -0.25) is 4.21 Å². The number of carbonyl (C=O) groups excluding carboxylic acids is 1. The van der Waals surface area contributed by atoms with Gasteiger partial charge in [-0.2, -0.15) is 0 Å². The maximum absolute atomic E-state index is 11.6. The predicted molar refractivity (Wildman–Crippen MR) is 102 cm³/mol. The molecule has 0 aliphatic heterocycles. The van der Waals surface area contributed by atoms with Crippen LogP contribution in [-0.2, 0) is 20.3 Å². The number of alkyl carbamates (subject to hydrolysis) is 1. The minimum atomic E-state index is -1.15. The lowest BCUT2D eigenvalue weighted by Crippen LogP contribution is -2.45. The third-order valence-electron chi connectivity index (χ3n) is 2.50. The van der Waals surface area contributed by atoms with Crippen molar-refractivity contribution in [3.05, 3.63) is 0 Å². The molecule has 0 aromatic carbocycles. The van der Waals surface area contributed by atoms with Gasteiger partial charge in [0.1, 0.15) is 16.0 Å². The molecule has 0 rings (SSSR count). The Balaban J connectivity index is 4.12. The van der Waals surface area contributed by atoms with E-state index in [1.54, 1.807) is 27.0 Å². The normalized spacial score (nSPS) is 13.7. The molecule has 24 heavy (non-hydrogen) atoms. The zero-order valence-corrected chi connectivity index (χ0v) is 16.9. The number of carboxylic acid groups (broad SMARTS) is 1. The van der Waals surface area contributed by atoms with Crippen molar-refractivity contribution in [1.82, 2.24) is 10.6 Å². The van der Waals surface area contributed by atoms with Crippen molar-refractivity contribution in [3.8, 4) is 0 Å². The Hall–Kier alpha value is -0.870. The molecule has 0 bridgehead atoms. The molecule has 2 atom stereocenters. The van der Waals surface area contributed by atoms with E-state index in [-0.39, 0.29) is 5.75 Å². The van der Waals surface area contributed by atoms with Crippen molar-refractivity contribution in [3.63, 3.8) is 0 Å². The number of hydrogen-bond acceptors (Lipinski definition) is 6. The molecule has 0 unspecified atom stereocenters. The average molecular weight is 399 g/mol. The lowest BCUT2D eigenvalue weighted by Gasteiger charge is -2.22. The number of unbranched alkanes of at least 4 members (excludes halogenated alkanes) is 1. The zero-order valence-electron chi connectivity index (χ0n) is 14.4. The van der Waals surface area contributed by atoms with Crippen molar-refractivity contribution in [2.75, 3.05) is 24.3 Å². The highest BCUT2D eigenvalue weighted by molar-refractivity contribution is 8.23. The summed E-state index contributed by atoms with van der Waals surface area (Å²) < 4.78 is 16.4. The molecule has 10 heteroatoms. The first-order chi connectivity index (χ1) is 11.0. The average Bonchev–Trinajstić information content (AvgIpc) is 2.40. The van der Waals surface area contributed by atoms with Crippen LogP contribution in [0.2, 0.25) is 0 Å². The fourth-order valence-corrected chi connectivity index (χ4v) is 3.12. The number of aliphatic carboxylic acids is 1. The molecule has 0 heterocycles. The molecule has 0 fully saturated rings. The van der Waals surface area contributed by atoms with Gasteiger partial charge in [0.25, 0.3) is 0 Å². The number of thiocarbonyl (C=S) groups is 1. The van der Waals surface area contributed by atoms with Gasteiger partial charge in [0, 0.05) is 35.1 Å². The number of carboxylic acids is 1. The maximum Gasteiger partial charge on any atom is 0.408 e. The second-order valence-electron chi connectivity index (χ2n) is 6.05. The number of thioether (sulfide) groups is 1. The van der Waals surface area contributed by atoms with Crippen LogP contribution in [-0.4, -0.2) is 61.6 Å². The minimum absolute atomic E-state index is 0.0966. The highest BCUT2D eigenvalue weighted by Gasteiger charge is 2.24. The number of nitrogens with one attached hydrogen (secondary N) is 2. The minimum Gasteiger partial charge on any atom is -0.480 e. The lowest BCUT2D eigenvalue weighted by molar-refractivity contribution is -0.138. The van der Waals surface area contributed by atoms with Crippen molar-refractivity contribution in [2.24, 2.45) is 0 Å². The highest BCUT2D eigenvalue weighted by Crippen LogP contribution is 2.09. The summed E-state index contributed by atoms with van der Waals surface area (Å²) in [6.07, 6.45) is 2.56. The first kappa shape index (κ1) is 23.1. The number of amides is 1. The molecule has 0 spiro atoms. The summed E-state index contributed by atoms with van der Waals surface area (Å²) in [4.78, 5) is 22.8. The van der Waals surface area contributed by atoms with Crippen LogP contribution in [0, 0.1) is 0 Å². The van der Waals surface area contributed by atoms with Crippen LogP contribution in [0.1, 0.15) is 33.6 Å². The Morgan fingerprint density at radius 3 is 2.46 bits per heavy atom. The summed E-state index contributed by atoms with van der Waals surface area (Å²) in [7, 11) is -0.791. The van der Waals surface area contributed by atoms with E-state index in [4.69, 9.17) is 22.1 Å². The maximum atomic E-state index is 11.6. The van der Waals surface area contributed by atoms with Crippen LogP contribution < -0.4 is 10.6 Å². The van der Waals surface area contributed by atoms with Gasteiger partial charge in [0.15, 0.2) is 0 Å². The summed E-state index contributed by atoms with van der Waals surface area (Å²) in [5.41, 5.74) is -0.695. The SMILES string of the molecule is C[S@@](=O)CCCCNC(=S)SC[C@@H](NC(=O)OC(C)(C)C)C(=O)O. The van der Waals surface area contributed by atoms with Gasteiger partial charge < -0.3 is 20.5 Å². The van der Waals surface area contributed by atoms with E-state index >= 15 is 0 Å². The first-order valence-corrected chi connectivity index (χ1v) is 10.6. The number of carbonyl (C=O) groups is 2. The predicted octanol–water partition coefficient (Wildman–Crippen LogP) is 1.73. The topological polar surface area (TPSA) is 105 Å². The molecule has 0 aromatic rings. The van der Waals surface area contributed by atoms with Gasteiger partial charge in [-0.15, -0.1) is 0 Å². The molecule has 7 nitrogen and oxygen atoms in total. The summed E-state index contributed by atoms with van der Waals surface area (Å²) in [6.45, 7) is 5.74. The third kappa shape index (κ3) is 13.6. The monoisotopic (exact) mass is 398 g/mol. The summed E-state index contributed by atoms with van der Waals surface area (Å²) in [5, 5.41) is 14.5. The van der Waals surface area contributed by atoms with Gasteiger partial charge in [-0.05, 0) is 33.6 Å². The van der Waals surface area contributed by atoms with Crippen molar-refractivity contribution in [2.45, 2.75) is 45.3 Å². The van der Waals surface area contributed by atoms with Crippen LogP contribution >= 0.6 is 24.0 Å². The van der Waals surface area contributed by atoms with E-state index in [9.17, 15) is 13.8 Å². The van der Waals surface area contributed by atoms with Crippen molar-refractivity contribution < 1.29 is 23.6 Å². The van der Waals surface area contributed by atoms with Crippen LogP contribution in [0.4, 0.5) is 4.79 Å². The third-order valence-corrected chi connectivity index (χ3v) is 4.77. The lowest BCUT2D eigenvalue weighted by atomic mass is 10.2. The second kappa shape index (κ2) is 11.6. The van der Waals surface area contributed by atoms with E-state index in [1.807, 2.05) is 0 Å². The Bertz CT molecular complexity index is 466. The summed E-state index contributed by atoms with van der Waals surface area (Å²) in [6, 6.07) is -1.09. The number of ether oxygens (including phenoxy) is 1. The van der Waals surface area contributed by atoms with Crippen molar-refractivity contribution in [1.29, 1.82) is 0 Å². The highest BCUT2D eigenvalue weighted by atomic mass is 32.2. The molecule has 140 valence electrons. The van der Waals surface area contributed by atoms with E-state index < -0.39 is 34.5 Å². The van der Waals surface area contributed by atoms with Gasteiger partial charge in [-0.1, -0.05) is 24.0 Å². The summed E-state index contributed by atoms with van der Waals surface area (Å²) >= 11 is 6.26. The Morgan fingerprint density at radius 1 is 1.33 bits per heavy atom. The van der Waals surface area contributed by atoms with Crippen LogP contribution in [0.15, 0.2) is 0 Å². The first-order valence-electron chi connectivity index (χ1n) is 7.44. The van der Waals surface area contributed by atoms with Gasteiger partial charge in [0.2, 0.25) is 0 Å². The number of hydrogen-bond donors (Lipinski definition) is 3. The van der Waals surface area contributed by atoms with E-state index in [0.717, 1.165) is 24.6 Å². The smallest absolute Gasteiger partial charge is 0.408 e. The van der Waals surface area contributed by atoms with Gasteiger partial charge in [0.05, 0.1) is 0 Å². The molecule has 0 saturated carbocycles. The van der Waals surface area contributed by atoms with E-state index in [0.29, 0.717) is 16.6 Å². The standard InChI is InChI=1S/C14H26N2O5S3/c1-14(2,3)21-12(19)16-10(11(17)18)9-23-13(22)15-7-5-6-8-24(4)20/h10H,5-9H2,1-4H3,(H,15,22)(H,16,19)(H,17,18)/t10-,24-/m1/s1. The number of rotatable bonds is 9. The Kier molecular flexibility index (Phi) is 11.2. The van der Waals surface area contributed by atoms with Crippen molar-refractivity contribution >= 4 is 51.2 Å². The molecule has 0 radical (unpaired) electrons. The molecular weight excluding hydrogens is 372 g/mol. The van der Waals surface area contributed by atoms with Gasteiger partial charge >= 0.3 is 12.1 Å². The fourth-order valence-electron chi connectivity index (χ4n) is 1.46. The quantitative estimate of drug-likeness (QED) is 0.398. The Labute approximate surface area is 155 Å². The van der Waals surface area contributed by atoms with Crippen LogP contribution in [0.25, 0.3) is 0 Å². The molecule has 3 N–H and O–H groups in total. The summed E-state index contributed by atoms with van der Waals surface area (Å²) in [5.74, 6) is -0.399. The molecular formula is C14H26N2O5S3. The van der Waals surface area contributed by atoms with E-state index in [2.05, 4.69) is 10.6 Å².